The fourth-order valence-corrected chi connectivity index (χ4v) is 1.44. The quantitative estimate of drug-likeness (QED) is 0.597. The molecule has 4 N–H and O–H groups in total. The Balaban J connectivity index is 2.94. The van der Waals surface area contributed by atoms with Gasteiger partial charge in [0.1, 0.15) is 17.5 Å². The number of benzene rings is 1. The number of hydrogen-bond donors (Lipinski definition) is 4. The van der Waals surface area contributed by atoms with Gasteiger partial charge < -0.3 is 20.6 Å². The van der Waals surface area contributed by atoms with Gasteiger partial charge in [0.05, 0.1) is 5.56 Å². The summed E-state index contributed by atoms with van der Waals surface area (Å²) in [4.78, 5) is 22.7. The van der Waals surface area contributed by atoms with Crippen LogP contribution in [0.3, 0.4) is 0 Å². The van der Waals surface area contributed by atoms with Crippen molar-refractivity contribution in [3.8, 4) is 11.5 Å². The third kappa shape index (κ3) is 3.13. The second-order valence-electron chi connectivity index (χ2n) is 4.23. The molecule has 0 spiro atoms. The normalized spacial score (nSPS) is 12.2. The zero-order chi connectivity index (χ0) is 13.9. The van der Waals surface area contributed by atoms with Crippen LogP contribution in [-0.4, -0.2) is 33.2 Å². The van der Waals surface area contributed by atoms with Crippen molar-refractivity contribution in [2.24, 2.45) is 5.92 Å². The third-order valence-corrected chi connectivity index (χ3v) is 2.44. The average molecular weight is 253 g/mol. The maximum Gasteiger partial charge on any atom is 0.326 e. The van der Waals surface area contributed by atoms with Crippen LogP contribution in [0.5, 0.6) is 11.5 Å². The summed E-state index contributed by atoms with van der Waals surface area (Å²) in [5, 5.41) is 29.9. The number of aromatic hydroxyl groups is 2. The average Bonchev–Trinajstić information content (AvgIpc) is 2.28. The molecule has 0 radical (unpaired) electrons. The van der Waals surface area contributed by atoms with Crippen LogP contribution in [0.15, 0.2) is 18.2 Å². The molecule has 1 aromatic carbocycles. The molecule has 0 saturated heterocycles. The molecule has 0 aromatic heterocycles. The summed E-state index contributed by atoms with van der Waals surface area (Å²) in [7, 11) is 0. The monoisotopic (exact) mass is 253 g/mol. The minimum atomic E-state index is -1.15. The van der Waals surface area contributed by atoms with Crippen LogP contribution in [-0.2, 0) is 4.79 Å². The van der Waals surface area contributed by atoms with Gasteiger partial charge in [-0.1, -0.05) is 13.8 Å². The first-order chi connectivity index (χ1) is 8.32. The number of carbonyl (C=O) groups excluding carboxylic acids is 1. The van der Waals surface area contributed by atoms with Crippen molar-refractivity contribution in [1.29, 1.82) is 0 Å². The molecule has 0 aliphatic rings. The van der Waals surface area contributed by atoms with Gasteiger partial charge in [-0.15, -0.1) is 0 Å². The maximum atomic E-state index is 11.8. The Kier molecular flexibility index (Phi) is 4.14. The number of nitrogens with one attached hydrogen (secondary N) is 1. The highest BCUT2D eigenvalue weighted by atomic mass is 16.4. The number of aliphatic carboxylic acids is 1. The fraction of sp³-hybridized carbons (Fsp3) is 0.333. The summed E-state index contributed by atoms with van der Waals surface area (Å²) in [5.74, 6) is -2.71. The van der Waals surface area contributed by atoms with Gasteiger partial charge >= 0.3 is 5.97 Å². The SMILES string of the molecule is CC(C)[C@H](NC(=O)c1cc(O)ccc1O)C(=O)O. The van der Waals surface area contributed by atoms with Crippen molar-refractivity contribution in [1.82, 2.24) is 5.32 Å². The second-order valence-corrected chi connectivity index (χ2v) is 4.23. The lowest BCUT2D eigenvalue weighted by molar-refractivity contribution is -0.140. The molecule has 1 atom stereocenters. The summed E-state index contributed by atoms with van der Waals surface area (Å²) in [6.45, 7) is 3.31. The molecule has 0 aliphatic carbocycles. The van der Waals surface area contributed by atoms with Crippen molar-refractivity contribution in [3.05, 3.63) is 23.8 Å². The van der Waals surface area contributed by atoms with E-state index in [9.17, 15) is 19.8 Å². The molecule has 1 amide bonds. The van der Waals surface area contributed by atoms with E-state index in [0.29, 0.717) is 0 Å². The lowest BCUT2D eigenvalue weighted by Gasteiger charge is -2.18. The minimum Gasteiger partial charge on any atom is -0.508 e. The minimum absolute atomic E-state index is 0.165. The summed E-state index contributed by atoms with van der Waals surface area (Å²) in [5.41, 5.74) is -0.165. The van der Waals surface area contributed by atoms with Crippen LogP contribution in [0.25, 0.3) is 0 Å². The first kappa shape index (κ1) is 13.8. The van der Waals surface area contributed by atoms with Gasteiger partial charge in [0.25, 0.3) is 5.91 Å². The molecule has 0 bridgehead atoms. The maximum absolute atomic E-state index is 11.8. The number of phenols is 2. The number of hydrogen-bond acceptors (Lipinski definition) is 4. The largest absolute Gasteiger partial charge is 0.508 e. The Labute approximate surface area is 104 Å². The molecule has 18 heavy (non-hydrogen) atoms. The van der Waals surface area contributed by atoms with Gasteiger partial charge in [0, 0.05) is 0 Å². The van der Waals surface area contributed by atoms with Crippen molar-refractivity contribution in [2.75, 3.05) is 0 Å². The highest BCUT2D eigenvalue weighted by molar-refractivity contribution is 5.99. The predicted octanol–water partition coefficient (Wildman–Crippen LogP) is 0.937. The van der Waals surface area contributed by atoms with E-state index in [-0.39, 0.29) is 23.0 Å². The van der Waals surface area contributed by atoms with Gasteiger partial charge in [-0.2, -0.15) is 0 Å². The molecule has 0 heterocycles. The first-order valence-corrected chi connectivity index (χ1v) is 5.38. The molecular weight excluding hydrogens is 238 g/mol. The van der Waals surface area contributed by atoms with E-state index >= 15 is 0 Å². The fourth-order valence-electron chi connectivity index (χ4n) is 1.44. The summed E-state index contributed by atoms with van der Waals surface area (Å²) >= 11 is 0. The van der Waals surface area contributed by atoms with E-state index in [2.05, 4.69) is 5.32 Å². The summed E-state index contributed by atoms with van der Waals surface area (Å²) in [6, 6.07) is 2.40. The van der Waals surface area contributed by atoms with E-state index in [1.807, 2.05) is 0 Å². The second kappa shape index (κ2) is 5.39. The molecule has 0 saturated carbocycles. The smallest absolute Gasteiger partial charge is 0.326 e. The van der Waals surface area contributed by atoms with Crippen molar-refractivity contribution in [2.45, 2.75) is 19.9 Å². The third-order valence-electron chi connectivity index (χ3n) is 2.44. The van der Waals surface area contributed by atoms with E-state index in [1.165, 1.54) is 6.07 Å². The Hall–Kier alpha value is -2.24. The van der Waals surface area contributed by atoms with E-state index in [1.54, 1.807) is 13.8 Å². The Morgan fingerprint density at radius 2 is 1.83 bits per heavy atom. The van der Waals surface area contributed by atoms with Gasteiger partial charge in [-0.05, 0) is 24.1 Å². The standard InChI is InChI=1S/C12H15NO5/c1-6(2)10(12(17)18)13-11(16)8-5-7(14)3-4-9(8)15/h3-6,10,14-15H,1-2H3,(H,13,16)(H,17,18)/t10-/m0/s1. The molecule has 6 nitrogen and oxygen atoms in total. The van der Waals surface area contributed by atoms with Crippen LogP contribution >= 0.6 is 0 Å². The zero-order valence-electron chi connectivity index (χ0n) is 10.0. The number of carboxylic acids is 1. The number of amides is 1. The van der Waals surface area contributed by atoms with E-state index in [4.69, 9.17) is 5.11 Å². The van der Waals surface area contributed by atoms with E-state index in [0.717, 1.165) is 12.1 Å². The first-order valence-electron chi connectivity index (χ1n) is 5.38. The molecule has 0 fully saturated rings. The molecular formula is C12H15NO5. The van der Waals surface area contributed by atoms with Crippen molar-refractivity contribution >= 4 is 11.9 Å². The summed E-state index contributed by atoms with van der Waals surface area (Å²) in [6.07, 6.45) is 0. The van der Waals surface area contributed by atoms with Gasteiger partial charge in [0.15, 0.2) is 0 Å². The highest BCUT2D eigenvalue weighted by Crippen LogP contribution is 2.22. The molecule has 1 aromatic rings. The molecule has 1 rings (SSSR count). The zero-order valence-corrected chi connectivity index (χ0v) is 10.0. The summed E-state index contributed by atoms with van der Waals surface area (Å²) < 4.78 is 0. The van der Waals surface area contributed by atoms with Crippen molar-refractivity contribution < 1.29 is 24.9 Å². The molecule has 0 aliphatic heterocycles. The number of phenolic OH excluding ortho intramolecular Hbond substituents is 2. The van der Waals surface area contributed by atoms with Crippen LogP contribution < -0.4 is 5.32 Å². The van der Waals surface area contributed by atoms with E-state index < -0.39 is 17.9 Å². The van der Waals surface area contributed by atoms with Crippen LogP contribution in [0.4, 0.5) is 0 Å². The highest BCUT2D eigenvalue weighted by Gasteiger charge is 2.25. The topological polar surface area (TPSA) is 107 Å². The Morgan fingerprint density at radius 3 is 2.33 bits per heavy atom. The molecule has 6 heteroatoms. The Morgan fingerprint density at radius 1 is 1.22 bits per heavy atom. The number of carboxylic acid groups (broad SMARTS) is 1. The predicted molar refractivity (Wildman–Crippen MR) is 63.5 cm³/mol. The van der Waals surface area contributed by atoms with Crippen molar-refractivity contribution in [3.63, 3.8) is 0 Å². The van der Waals surface area contributed by atoms with Crippen LogP contribution in [0.1, 0.15) is 24.2 Å². The van der Waals surface area contributed by atoms with Gasteiger partial charge in [-0.3, -0.25) is 4.79 Å². The van der Waals surface area contributed by atoms with Gasteiger partial charge in [-0.25, -0.2) is 4.79 Å². The number of rotatable bonds is 4. The number of carbonyl (C=O) groups is 2. The van der Waals surface area contributed by atoms with Crippen LogP contribution in [0.2, 0.25) is 0 Å². The van der Waals surface area contributed by atoms with Crippen LogP contribution in [0, 0.1) is 5.92 Å². The molecule has 98 valence electrons. The lowest BCUT2D eigenvalue weighted by atomic mass is 10.0. The van der Waals surface area contributed by atoms with Gasteiger partial charge in [0.2, 0.25) is 0 Å². The molecule has 0 unspecified atom stereocenters. The lowest BCUT2D eigenvalue weighted by Crippen LogP contribution is -2.44. The Bertz CT molecular complexity index is 470.